The van der Waals surface area contributed by atoms with Crippen molar-refractivity contribution < 1.29 is 27.5 Å². The van der Waals surface area contributed by atoms with Crippen LogP contribution in [-0.2, 0) is 11.0 Å². The topological polar surface area (TPSA) is 79.5 Å². The Morgan fingerprint density at radius 2 is 1.83 bits per heavy atom. The van der Waals surface area contributed by atoms with Crippen molar-refractivity contribution in [3.8, 4) is 5.75 Å². The second-order valence-electron chi connectivity index (χ2n) is 6.38. The molecule has 6 nitrogen and oxygen atoms in total. The van der Waals surface area contributed by atoms with Crippen LogP contribution in [0.4, 0.5) is 23.7 Å². The number of halogens is 3. The number of carbonyl (C=O) groups is 2. The zero-order chi connectivity index (χ0) is 21.2. The molecule has 0 saturated heterocycles. The Balaban J connectivity index is 1.94. The molecule has 1 heterocycles. The first-order chi connectivity index (χ1) is 13.7. The van der Waals surface area contributed by atoms with E-state index in [0.29, 0.717) is 11.4 Å². The number of ether oxygens (including phenoxy) is 1. The highest BCUT2D eigenvalue weighted by atomic mass is 19.4. The molecule has 152 valence electrons. The van der Waals surface area contributed by atoms with Crippen LogP contribution in [0.25, 0.3) is 0 Å². The number of allylic oxidation sites excluding steroid dienone is 1. The van der Waals surface area contributed by atoms with Crippen molar-refractivity contribution in [2.75, 3.05) is 12.4 Å². The van der Waals surface area contributed by atoms with Crippen molar-refractivity contribution in [3.05, 3.63) is 70.9 Å². The van der Waals surface area contributed by atoms with E-state index in [0.717, 1.165) is 12.1 Å². The molecule has 0 bridgehead atoms. The maximum atomic E-state index is 13.1. The highest BCUT2D eigenvalue weighted by molar-refractivity contribution is 6.06. The van der Waals surface area contributed by atoms with E-state index in [4.69, 9.17) is 4.74 Å². The number of nitrogens with one attached hydrogen (secondary N) is 3. The van der Waals surface area contributed by atoms with Crippen molar-refractivity contribution in [1.29, 1.82) is 0 Å². The van der Waals surface area contributed by atoms with Gasteiger partial charge >= 0.3 is 12.2 Å². The van der Waals surface area contributed by atoms with Crippen molar-refractivity contribution in [2.45, 2.75) is 19.1 Å². The van der Waals surface area contributed by atoms with Gasteiger partial charge in [-0.25, -0.2) is 4.79 Å². The third kappa shape index (κ3) is 4.50. The smallest absolute Gasteiger partial charge is 0.416 e. The first kappa shape index (κ1) is 20.2. The molecule has 0 saturated carbocycles. The molecule has 0 aromatic heterocycles. The number of rotatable bonds is 4. The summed E-state index contributed by atoms with van der Waals surface area (Å²) in [5.74, 6) is 0.0504. The number of benzene rings is 2. The Kier molecular flexibility index (Phi) is 5.49. The van der Waals surface area contributed by atoms with Crippen LogP contribution in [0.2, 0.25) is 0 Å². The van der Waals surface area contributed by atoms with E-state index in [1.165, 1.54) is 26.2 Å². The van der Waals surface area contributed by atoms with Crippen LogP contribution in [0.3, 0.4) is 0 Å². The minimum atomic E-state index is -4.54. The summed E-state index contributed by atoms with van der Waals surface area (Å²) < 4.78 is 44.3. The fourth-order valence-corrected chi connectivity index (χ4v) is 3.01. The van der Waals surface area contributed by atoms with Crippen LogP contribution >= 0.6 is 0 Å². The van der Waals surface area contributed by atoms with E-state index < -0.39 is 29.7 Å². The molecule has 2 aromatic carbocycles. The zero-order valence-electron chi connectivity index (χ0n) is 15.6. The quantitative estimate of drug-likeness (QED) is 0.720. The Morgan fingerprint density at radius 1 is 1.14 bits per heavy atom. The lowest BCUT2D eigenvalue weighted by atomic mass is 9.93. The molecule has 3 amide bonds. The lowest BCUT2D eigenvalue weighted by molar-refractivity contribution is -0.137. The number of anilines is 1. The normalized spacial score (nSPS) is 16.7. The average molecular weight is 405 g/mol. The molecule has 29 heavy (non-hydrogen) atoms. The maximum Gasteiger partial charge on any atom is 0.416 e. The molecular formula is C20H18F3N3O3. The third-order valence-electron chi connectivity index (χ3n) is 4.41. The summed E-state index contributed by atoms with van der Waals surface area (Å²) in [5, 5.41) is 7.69. The van der Waals surface area contributed by atoms with Gasteiger partial charge in [0.15, 0.2) is 0 Å². The minimum Gasteiger partial charge on any atom is -0.497 e. The second-order valence-corrected chi connectivity index (χ2v) is 6.38. The Bertz CT molecular complexity index is 969. The fraction of sp³-hybridized carbons (Fsp3) is 0.200. The van der Waals surface area contributed by atoms with E-state index in [-0.39, 0.29) is 16.8 Å². The van der Waals surface area contributed by atoms with Crippen molar-refractivity contribution in [2.24, 2.45) is 0 Å². The minimum absolute atomic E-state index is 0.111. The molecule has 0 radical (unpaired) electrons. The van der Waals surface area contributed by atoms with Crippen LogP contribution in [0, 0.1) is 0 Å². The van der Waals surface area contributed by atoms with Gasteiger partial charge in [-0.15, -0.1) is 0 Å². The molecule has 0 unspecified atom stereocenters. The zero-order valence-corrected chi connectivity index (χ0v) is 15.6. The van der Waals surface area contributed by atoms with E-state index in [1.54, 1.807) is 24.3 Å². The summed E-state index contributed by atoms with van der Waals surface area (Å²) in [6, 6.07) is 9.44. The number of urea groups is 1. The highest BCUT2D eigenvalue weighted by Gasteiger charge is 2.34. The lowest BCUT2D eigenvalue weighted by Crippen LogP contribution is -2.46. The van der Waals surface area contributed by atoms with Gasteiger partial charge in [0.1, 0.15) is 5.75 Å². The predicted octanol–water partition coefficient (Wildman–Crippen LogP) is 3.98. The van der Waals surface area contributed by atoms with E-state index in [2.05, 4.69) is 16.0 Å². The molecule has 3 N–H and O–H groups in total. The number of hydrogen-bond acceptors (Lipinski definition) is 3. The largest absolute Gasteiger partial charge is 0.497 e. The van der Waals surface area contributed by atoms with Gasteiger partial charge in [-0.3, -0.25) is 4.79 Å². The van der Waals surface area contributed by atoms with Crippen LogP contribution in [-0.4, -0.2) is 19.0 Å². The Morgan fingerprint density at radius 3 is 2.45 bits per heavy atom. The SMILES string of the molecule is COc1ccc(NC(=O)C2=C(C)NC(=O)N[C@@H]2c2cccc(C(F)(F)F)c2)cc1. The number of amides is 3. The van der Waals surface area contributed by atoms with Crippen molar-refractivity contribution in [3.63, 3.8) is 0 Å². The summed E-state index contributed by atoms with van der Waals surface area (Å²) in [4.78, 5) is 24.8. The van der Waals surface area contributed by atoms with Crippen molar-refractivity contribution in [1.82, 2.24) is 10.6 Å². The fourth-order valence-electron chi connectivity index (χ4n) is 3.01. The number of hydrogen-bond donors (Lipinski definition) is 3. The van der Waals surface area contributed by atoms with E-state index in [9.17, 15) is 22.8 Å². The van der Waals surface area contributed by atoms with E-state index in [1.807, 2.05) is 0 Å². The van der Waals surface area contributed by atoms with Crippen LogP contribution in [0.1, 0.15) is 24.1 Å². The molecular weight excluding hydrogens is 387 g/mol. The molecule has 0 aliphatic carbocycles. The Labute approximate surface area is 164 Å². The van der Waals surface area contributed by atoms with Gasteiger partial charge in [0.05, 0.1) is 24.3 Å². The molecule has 1 atom stereocenters. The van der Waals surface area contributed by atoms with Gasteiger partial charge in [0.25, 0.3) is 5.91 Å². The number of carbonyl (C=O) groups excluding carboxylic acids is 2. The third-order valence-corrected chi connectivity index (χ3v) is 4.41. The average Bonchev–Trinajstić information content (AvgIpc) is 2.67. The standard InChI is InChI=1S/C20H18F3N3O3/c1-11-16(18(27)25-14-6-8-15(29-2)9-7-14)17(26-19(28)24-11)12-4-3-5-13(10-12)20(21,22)23/h3-10,17H,1-2H3,(H,25,27)(H2,24,26,28)/t17-/m1/s1. The van der Waals surface area contributed by atoms with Crippen LogP contribution < -0.4 is 20.7 Å². The van der Waals surface area contributed by atoms with Crippen LogP contribution in [0.15, 0.2) is 59.8 Å². The molecule has 1 aliphatic heterocycles. The molecule has 1 aliphatic rings. The molecule has 9 heteroatoms. The van der Waals surface area contributed by atoms with Gasteiger partial charge in [-0.05, 0) is 48.9 Å². The van der Waals surface area contributed by atoms with Gasteiger partial charge < -0.3 is 20.7 Å². The van der Waals surface area contributed by atoms with E-state index >= 15 is 0 Å². The summed E-state index contributed by atoms with van der Waals surface area (Å²) in [6.07, 6.45) is -4.54. The van der Waals surface area contributed by atoms with Gasteiger partial charge in [-0.1, -0.05) is 12.1 Å². The summed E-state index contributed by atoms with van der Waals surface area (Å²) in [5.41, 5.74) is 0.113. The monoisotopic (exact) mass is 405 g/mol. The predicted molar refractivity (Wildman–Crippen MR) is 100 cm³/mol. The first-order valence-corrected chi connectivity index (χ1v) is 8.60. The molecule has 0 spiro atoms. The molecule has 3 rings (SSSR count). The summed E-state index contributed by atoms with van der Waals surface area (Å²) >= 11 is 0. The van der Waals surface area contributed by atoms with Gasteiger partial charge in [-0.2, -0.15) is 13.2 Å². The van der Waals surface area contributed by atoms with Crippen LogP contribution in [0.5, 0.6) is 5.75 Å². The lowest BCUT2D eigenvalue weighted by Gasteiger charge is -2.29. The van der Waals surface area contributed by atoms with Gasteiger partial charge in [0.2, 0.25) is 0 Å². The van der Waals surface area contributed by atoms with Gasteiger partial charge in [0, 0.05) is 11.4 Å². The summed E-state index contributed by atoms with van der Waals surface area (Å²) in [6.45, 7) is 1.52. The Hall–Kier alpha value is -3.49. The van der Waals surface area contributed by atoms with Crippen molar-refractivity contribution >= 4 is 17.6 Å². The number of alkyl halides is 3. The number of methoxy groups -OCH3 is 1. The second kappa shape index (κ2) is 7.86. The maximum absolute atomic E-state index is 13.1. The first-order valence-electron chi connectivity index (χ1n) is 8.60. The summed E-state index contributed by atoms with van der Waals surface area (Å²) in [7, 11) is 1.51. The molecule has 0 fully saturated rings. The molecule has 2 aromatic rings. The highest BCUT2D eigenvalue weighted by Crippen LogP contribution is 2.33.